The normalized spacial score (nSPS) is 14.1. The zero-order chi connectivity index (χ0) is 18.5. The van der Waals surface area contributed by atoms with Crippen molar-refractivity contribution in [2.75, 3.05) is 13.1 Å². The van der Waals surface area contributed by atoms with E-state index in [9.17, 15) is 14.4 Å². The van der Waals surface area contributed by atoms with E-state index in [4.69, 9.17) is 0 Å². The molecule has 2 aromatic rings. The molecule has 0 radical (unpaired) electrons. The first kappa shape index (κ1) is 17.9. The van der Waals surface area contributed by atoms with Gasteiger partial charge in [0.2, 0.25) is 0 Å². The molecule has 2 amide bonds. The lowest BCUT2D eigenvalue weighted by atomic mass is 10.1. The number of benzene rings is 1. The Morgan fingerprint density at radius 1 is 1.04 bits per heavy atom. The molecule has 1 aliphatic rings. The van der Waals surface area contributed by atoms with E-state index in [0.29, 0.717) is 23.4 Å². The van der Waals surface area contributed by atoms with Crippen LogP contribution in [0.25, 0.3) is 0 Å². The molecule has 2 N–H and O–H groups in total. The molecule has 1 saturated heterocycles. The highest BCUT2D eigenvalue weighted by atomic mass is 16.2. The van der Waals surface area contributed by atoms with Crippen LogP contribution in [0.15, 0.2) is 36.5 Å². The number of piperidine rings is 1. The average Bonchev–Trinajstić information content (AvgIpc) is 3.17. The van der Waals surface area contributed by atoms with Gasteiger partial charge in [-0.2, -0.15) is 0 Å². The molecule has 0 bridgehead atoms. The molecule has 0 spiro atoms. The molecule has 0 unspecified atom stereocenters. The van der Waals surface area contributed by atoms with Crippen LogP contribution in [0.3, 0.4) is 0 Å². The van der Waals surface area contributed by atoms with Gasteiger partial charge in [0.25, 0.3) is 11.8 Å². The summed E-state index contributed by atoms with van der Waals surface area (Å²) in [5.74, 6) is -0.288. The number of hydrogen-bond acceptors (Lipinski definition) is 3. The predicted molar refractivity (Wildman–Crippen MR) is 98.2 cm³/mol. The van der Waals surface area contributed by atoms with Crippen molar-refractivity contribution >= 4 is 17.6 Å². The second-order valence-corrected chi connectivity index (χ2v) is 6.59. The number of amides is 2. The highest BCUT2D eigenvalue weighted by molar-refractivity contribution is 5.99. The number of nitrogens with one attached hydrogen (secondary N) is 2. The van der Waals surface area contributed by atoms with Crippen molar-refractivity contribution in [3.05, 3.63) is 58.9 Å². The third-order valence-corrected chi connectivity index (χ3v) is 4.63. The van der Waals surface area contributed by atoms with E-state index in [2.05, 4.69) is 10.3 Å². The van der Waals surface area contributed by atoms with Crippen molar-refractivity contribution in [1.82, 2.24) is 15.2 Å². The highest BCUT2D eigenvalue weighted by Crippen LogP contribution is 2.14. The lowest BCUT2D eigenvalue weighted by Gasteiger charge is -2.26. The van der Waals surface area contributed by atoms with Crippen molar-refractivity contribution in [2.24, 2.45) is 0 Å². The Bertz CT molecular complexity index is 802. The SMILES string of the molecule is CC(=O)c1c[nH]c(C(=O)NCc2ccc(C(=O)N3CCCCC3)cc2)c1. The Morgan fingerprint density at radius 3 is 2.35 bits per heavy atom. The minimum atomic E-state index is -0.272. The molecule has 0 atom stereocenters. The molecule has 1 aromatic heterocycles. The van der Waals surface area contributed by atoms with Crippen LogP contribution in [0, 0.1) is 0 Å². The lowest BCUT2D eigenvalue weighted by Crippen LogP contribution is -2.35. The van der Waals surface area contributed by atoms with Crippen LogP contribution in [0.1, 0.15) is 63.0 Å². The first-order chi connectivity index (χ1) is 12.5. The van der Waals surface area contributed by atoms with Crippen molar-refractivity contribution < 1.29 is 14.4 Å². The topological polar surface area (TPSA) is 82.3 Å². The zero-order valence-corrected chi connectivity index (χ0v) is 14.9. The highest BCUT2D eigenvalue weighted by Gasteiger charge is 2.18. The number of ketones is 1. The maximum atomic E-state index is 12.4. The molecule has 26 heavy (non-hydrogen) atoms. The van der Waals surface area contributed by atoms with E-state index < -0.39 is 0 Å². The van der Waals surface area contributed by atoms with Crippen molar-refractivity contribution in [2.45, 2.75) is 32.7 Å². The van der Waals surface area contributed by atoms with Crippen LogP contribution in [-0.2, 0) is 6.54 Å². The fourth-order valence-corrected chi connectivity index (χ4v) is 3.05. The van der Waals surface area contributed by atoms with Gasteiger partial charge >= 0.3 is 0 Å². The van der Waals surface area contributed by atoms with Crippen LogP contribution in [-0.4, -0.2) is 40.6 Å². The fraction of sp³-hybridized carbons (Fsp3) is 0.350. The van der Waals surface area contributed by atoms with Gasteiger partial charge < -0.3 is 15.2 Å². The first-order valence-electron chi connectivity index (χ1n) is 8.90. The summed E-state index contributed by atoms with van der Waals surface area (Å²) in [5.41, 5.74) is 2.42. The number of carbonyl (C=O) groups is 3. The quantitative estimate of drug-likeness (QED) is 0.811. The summed E-state index contributed by atoms with van der Waals surface area (Å²) < 4.78 is 0. The standard InChI is InChI=1S/C20H23N3O3/c1-14(24)17-11-18(21-13-17)19(25)22-12-15-5-7-16(8-6-15)20(26)23-9-3-2-4-10-23/h5-8,11,13,21H,2-4,9-10,12H2,1H3,(H,22,25). The Morgan fingerprint density at radius 2 is 1.73 bits per heavy atom. The smallest absolute Gasteiger partial charge is 0.267 e. The van der Waals surface area contributed by atoms with E-state index in [0.717, 1.165) is 31.5 Å². The molecule has 1 aromatic carbocycles. The molecule has 3 rings (SSSR count). The zero-order valence-electron chi connectivity index (χ0n) is 14.9. The number of likely N-dealkylation sites (tertiary alicyclic amines) is 1. The minimum Gasteiger partial charge on any atom is -0.356 e. The summed E-state index contributed by atoms with van der Waals surface area (Å²) in [6.45, 7) is 3.47. The number of rotatable bonds is 5. The fourth-order valence-electron chi connectivity index (χ4n) is 3.05. The van der Waals surface area contributed by atoms with Gasteiger partial charge in [0, 0.05) is 37.0 Å². The van der Waals surface area contributed by atoms with E-state index in [1.54, 1.807) is 12.1 Å². The van der Waals surface area contributed by atoms with Crippen molar-refractivity contribution in [3.8, 4) is 0 Å². The number of aromatic amines is 1. The van der Waals surface area contributed by atoms with E-state index >= 15 is 0 Å². The predicted octanol–water partition coefficient (Wildman–Crippen LogP) is 2.77. The molecule has 0 aliphatic carbocycles. The Labute approximate surface area is 152 Å². The van der Waals surface area contributed by atoms with Crippen LogP contribution in [0.2, 0.25) is 0 Å². The van der Waals surface area contributed by atoms with Gasteiger partial charge in [-0.25, -0.2) is 0 Å². The molecule has 6 nitrogen and oxygen atoms in total. The van der Waals surface area contributed by atoms with E-state index in [1.165, 1.54) is 25.6 Å². The number of hydrogen-bond donors (Lipinski definition) is 2. The number of Topliss-reactive ketones (excluding diaryl/α,β-unsaturated/α-hetero) is 1. The Balaban J connectivity index is 1.56. The second-order valence-electron chi connectivity index (χ2n) is 6.59. The van der Waals surface area contributed by atoms with Gasteiger partial charge in [0.15, 0.2) is 5.78 Å². The summed E-state index contributed by atoms with van der Waals surface area (Å²) in [7, 11) is 0. The van der Waals surface area contributed by atoms with Gasteiger partial charge in [-0.05, 0) is 49.9 Å². The summed E-state index contributed by atoms with van der Waals surface area (Å²) in [6, 6.07) is 8.86. The molecule has 1 aliphatic heterocycles. The third kappa shape index (κ3) is 4.20. The summed E-state index contributed by atoms with van der Waals surface area (Å²) in [5, 5.41) is 2.80. The largest absolute Gasteiger partial charge is 0.356 e. The van der Waals surface area contributed by atoms with Gasteiger partial charge in [-0.15, -0.1) is 0 Å². The molecule has 6 heteroatoms. The maximum Gasteiger partial charge on any atom is 0.267 e. The van der Waals surface area contributed by atoms with Crippen LogP contribution < -0.4 is 5.32 Å². The summed E-state index contributed by atoms with van der Waals surface area (Å²) in [4.78, 5) is 40.5. The number of carbonyl (C=O) groups excluding carboxylic acids is 3. The summed E-state index contributed by atoms with van der Waals surface area (Å²) >= 11 is 0. The van der Waals surface area contributed by atoms with Crippen molar-refractivity contribution in [1.29, 1.82) is 0 Å². The molecular weight excluding hydrogens is 330 g/mol. The maximum absolute atomic E-state index is 12.4. The molecule has 1 fully saturated rings. The van der Waals surface area contributed by atoms with Gasteiger partial charge in [-0.1, -0.05) is 12.1 Å². The minimum absolute atomic E-state index is 0.0726. The molecule has 2 heterocycles. The Kier molecular flexibility index (Phi) is 5.51. The number of H-pyrrole nitrogens is 1. The van der Waals surface area contributed by atoms with Crippen LogP contribution in [0.4, 0.5) is 0 Å². The van der Waals surface area contributed by atoms with Crippen molar-refractivity contribution in [3.63, 3.8) is 0 Å². The molecular formula is C20H23N3O3. The van der Waals surface area contributed by atoms with Gasteiger partial charge in [0.1, 0.15) is 5.69 Å². The van der Waals surface area contributed by atoms with Crippen LogP contribution in [0.5, 0.6) is 0 Å². The van der Waals surface area contributed by atoms with E-state index in [-0.39, 0.29) is 17.6 Å². The summed E-state index contributed by atoms with van der Waals surface area (Å²) in [6.07, 6.45) is 4.86. The van der Waals surface area contributed by atoms with Crippen LogP contribution >= 0.6 is 0 Å². The number of nitrogens with zero attached hydrogens (tertiary/aromatic N) is 1. The molecule has 0 saturated carbocycles. The van der Waals surface area contributed by atoms with E-state index in [1.807, 2.05) is 17.0 Å². The average molecular weight is 353 g/mol. The third-order valence-electron chi connectivity index (χ3n) is 4.63. The van der Waals surface area contributed by atoms with Gasteiger partial charge in [-0.3, -0.25) is 14.4 Å². The monoisotopic (exact) mass is 353 g/mol. The second kappa shape index (κ2) is 7.99. The number of aromatic nitrogens is 1. The molecule has 136 valence electrons. The lowest BCUT2D eigenvalue weighted by molar-refractivity contribution is 0.0724. The Hall–Kier alpha value is -2.89. The first-order valence-corrected chi connectivity index (χ1v) is 8.90. The van der Waals surface area contributed by atoms with Gasteiger partial charge in [0.05, 0.1) is 0 Å².